The molecule has 0 aromatic heterocycles. The molecule has 0 spiro atoms. The molecule has 0 aliphatic carbocycles. The van der Waals surface area contributed by atoms with Crippen LogP contribution in [0.2, 0.25) is 0 Å². The van der Waals surface area contributed by atoms with Crippen LogP contribution < -0.4 is 10.5 Å². The number of nitrogens with one attached hydrogen (secondary N) is 1. The third-order valence-electron chi connectivity index (χ3n) is 3.92. The minimum Gasteiger partial charge on any atom is -0.330 e. The van der Waals surface area contributed by atoms with E-state index in [1.54, 1.807) is 0 Å². The first-order valence-electron chi connectivity index (χ1n) is 7.15. The zero-order valence-corrected chi connectivity index (χ0v) is 14.5. The number of benzene rings is 1. The molecule has 21 heavy (non-hydrogen) atoms. The third-order valence-corrected chi connectivity index (χ3v) is 6.11. The smallest absolute Gasteiger partial charge is 0.279 e. The lowest BCUT2D eigenvalue weighted by Crippen LogP contribution is -2.46. The van der Waals surface area contributed by atoms with E-state index in [1.807, 2.05) is 31.2 Å². The summed E-state index contributed by atoms with van der Waals surface area (Å²) in [6.07, 6.45) is 1.67. The molecule has 5 nitrogen and oxygen atoms in total. The molecule has 1 aromatic carbocycles. The Hall–Kier alpha value is -0.470. The molecule has 0 amide bonds. The summed E-state index contributed by atoms with van der Waals surface area (Å²) in [6.45, 7) is 3.58. The Morgan fingerprint density at radius 1 is 1.43 bits per heavy atom. The molecule has 0 bridgehead atoms. The molecule has 1 aliphatic rings. The molecular formula is C14H22BrN3O2S. The van der Waals surface area contributed by atoms with Crippen LogP contribution in [0.25, 0.3) is 0 Å². The summed E-state index contributed by atoms with van der Waals surface area (Å²) in [6, 6.07) is 7.39. The average Bonchev–Trinajstić information content (AvgIpc) is 2.47. The number of piperidine rings is 1. The molecule has 0 saturated carbocycles. The highest BCUT2D eigenvalue weighted by atomic mass is 79.9. The molecule has 1 unspecified atom stereocenters. The molecule has 1 aliphatic heterocycles. The summed E-state index contributed by atoms with van der Waals surface area (Å²) < 4.78 is 30.1. The molecule has 0 radical (unpaired) electrons. The van der Waals surface area contributed by atoms with E-state index in [-0.39, 0.29) is 6.04 Å². The van der Waals surface area contributed by atoms with Crippen molar-refractivity contribution in [2.45, 2.75) is 25.8 Å². The Labute approximate surface area is 135 Å². The first-order chi connectivity index (χ1) is 9.92. The fraction of sp³-hybridized carbons (Fsp3) is 0.571. The van der Waals surface area contributed by atoms with Crippen LogP contribution in [0.1, 0.15) is 31.4 Å². The highest BCUT2D eigenvalue weighted by Crippen LogP contribution is 2.21. The summed E-state index contributed by atoms with van der Waals surface area (Å²) in [4.78, 5) is 0. The largest absolute Gasteiger partial charge is 0.330 e. The van der Waals surface area contributed by atoms with Gasteiger partial charge in [-0.15, -0.1) is 0 Å². The Kier molecular flexibility index (Phi) is 5.79. The van der Waals surface area contributed by atoms with Crippen LogP contribution >= 0.6 is 15.9 Å². The van der Waals surface area contributed by atoms with Crippen LogP contribution in [-0.4, -0.2) is 32.4 Å². The predicted octanol–water partition coefficient (Wildman–Crippen LogP) is 2.02. The zero-order chi connectivity index (χ0) is 15.5. The van der Waals surface area contributed by atoms with Crippen LogP contribution in [0.15, 0.2) is 28.7 Å². The van der Waals surface area contributed by atoms with Crippen molar-refractivity contribution in [1.82, 2.24) is 9.03 Å². The lowest BCUT2D eigenvalue weighted by Gasteiger charge is -2.31. The standard InChI is InChI=1S/C14H22BrN3O2S/c1-11(13-3-2-4-14(15)9-13)17-21(19,20)18-7-5-12(10-16)6-8-18/h2-4,9,11-12,17H,5-8,10,16H2,1H3. The Morgan fingerprint density at radius 3 is 2.67 bits per heavy atom. The van der Waals surface area contributed by atoms with Gasteiger partial charge < -0.3 is 5.73 Å². The maximum absolute atomic E-state index is 12.4. The number of hydrogen-bond donors (Lipinski definition) is 2. The van der Waals surface area contributed by atoms with Crippen LogP contribution in [0.5, 0.6) is 0 Å². The molecule has 118 valence electrons. The minimum absolute atomic E-state index is 0.264. The third kappa shape index (κ3) is 4.50. The van der Waals surface area contributed by atoms with E-state index < -0.39 is 10.2 Å². The van der Waals surface area contributed by atoms with Crippen molar-refractivity contribution >= 4 is 26.1 Å². The lowest BCUT2D eigenvalue weighted by molar-refractivity contribution is 0.274. The Morgan fingerprint density at radius 2 is 2.10 bits per heavy atom. The summed E-state index contributed by atoms with van der Waals surface area (Å²) >= 11 is 3.40. The quantitative estimate of drug-likeness (QED) is 0.826. The second-order valence-corrected chi connectivity index (χ2v) is 8.10. The van der Waals surface area contributed by atoms with Gasteiger partial charge in [0.1, 0.15) is 0 Å². The van der Waals surface area contributed by atoms with E-state index in [2.05, 4.69) is 20.7 Å². The van der Waals surface area contributed by atoms with Crippen LogP contribution in [-0.2, 0) is 10.2 Å². The van der Waals surface area contributed by atoms with Crippen molar-refractivity contribution < 1.29 is 8.42 Å². The fourth-order valence-corrected chi connectivity index (χ4v) is 4.37. The number of rotatable bonds is 5. The van der Waals surface area contributed by atoms with Gasteiger partial charge in [-0.25, -0.2) is 0 Å². The highest BCUT2D eigenvalue weighted by Gasteiger charge is 2.28. The van der Waals surface area contributed by atoms with Gasteiger partial charge in [0.25, 0.3) is 10.2 Å². The van der Waals surface area contributed by atoms with Crippen molar-refractivity contribution in [3.05, 3.63) is 34.3 Å². The number of halogens is 1. The first kappa shape index (κ1) is 16.9. The summed E-state index contributed by atoms with van der Waals surface area (Å²) in [5, 5.41) is 0. The molecule has 1 saturated heterocycles. The predicted molar refractivity (Wildman–Crippen MR) is 88.0 cm³/mol. The molecule has 3 N–H and O–H groups in total. The minimum atomic E-state index is -3.45. The lowest BCUT2D eigenvalue weighted by atomic mass is 9.99. The highest BCUT2D eigenvalue weighted by molar-refractivity contribution is 9.10. The monoisotopic (exact) mass is 375 g/mol. The molecule has 7 heteroatoms. The van der Waals surface area contributed by atoms with Crippen molar-refractivity contribution in [3.8, 4) is 0 Å². The van der Waals surface area contributed by atoms with Crippen molar-refractivity contribution in [2.75, 3.05) is 19.6 Å². The van der Waals surface area contributed by atoms with E-state index in [9.17, 15) is 8.42 Å². The number of nitrogens with two attached hydrogens (primary N) is 1. The van der Waals surface area contributed by atoms with Crippen molar-refractivity contribution in [1.29, 1.82) is 0 Å². The zero-order valence-electron chi connectivity index (χ0n) is 12.1. The van der Waals surface area contributed by atoms with Gasteiger partial charge in [-0.1, -0.05) is 28.1 Å². The van der Waals surface area contributed by atoms with Crippen LogP contribution in [0, 0.1) is 5.92 Å². The molecule has 1 atom stereocenters. The topological polar surface area (TPSA) is 75.4 Å². The van der Waals surface area contributed by atoms with Gasteiger partial charge in [0.05, 0.1) is 0 Å². The van der Waals surface area contributed by atoms with E-state index in [0.717, 1.165) is 22.9 Å². The van der Waals surface area contributed by atoms with Crippen LogP contribution in [0.3, 0.4) is 0 Å². The Balaban J connectivity index is 2.01. The summed E-state index contributed by atoms with van der Waals surface area (Å²) in [5.74, 6) is 0.443. The van der Waals surface area contributed by atoms with Gasteiger partial charge in [-0.05, 0) is 49.9 Å². The van der Waals surface area contributed by atoms with E-state index >= 15 is 0 Å². The van der Waals surface area contributed by atoms with E-state index in [1.165, 1.54) is 4.31 Å². The summed E-state index contributed by atoms with van der Waals surface area (Å²) in [7, 11) is -3.45. The summed E-state index contributed by atoms with van der Waals surface area (Å²) in [5.41, 5.74) is 6.58. The molecule has 1 fully saturated rings. The average molecular weight is 376 g/mol. The molecule has 2 rings (SSSR count). The normalized spacial score (nSPS) is 19.6. The van der Waals surface area contributed by atoms with Gasteiger partial charge in [0.15, 0.2) is 0 Å². The number of hydrogen-bond acceptors (Lipinski definition) is 3. The first-order valence-corrected chi connectivity index (χ1v) is 9.38. The molecular weight excluding hydrogens is 354 g/mol. The second-order valence-electron chi connectivity index (χ2n) is 5.48. The van der Waals surface area contributed by atoms with E-state index in [4.69, 9.17) is 5.73 Å². The SMILES string of the molecule is CC(NS(=O)(=O)N1CCC(CN)CC1)c1cccc(Br)c1. The Bertz CT molecular complexity index is 571. The van der Waals surface area contributed by atoms with E-state index in [0.29, 0.717) is 25.6 Å². The molecule has 1 aromatic rings. The van der Waals surface area contributed by atoms with Gasteiger partial charge in [0.2, 0.25) is 0 Å². The molecule has 1 heterocycles. The fourth-order valence-electron chi connectivity index (χ4n) is 2.53. The maximum atomic E-state index is 12.4. The number of nitrogens with zero attached hydrogens (tertiary/aromatic N) is 1. The van der Waals surface area contributed by atoms with Gasteiger partial charge in [-0.3, -0.25) is 0 Å². The van der Waals surface area contributed by atoms with Crippen LogP contribution in [0.4, 0.5) is 0 Å². The van der Waals surface area contributed by atoms with Crippen molar-refractivity contribution in [2.24, 2.45) is 11.7 Å². The van der Waals surface area contributed by atoms with Gasteiger partial charge in [-0.2, -0.15) is 17.4 Å². The van der Waals surface area contributed by atoms with Crippen molar-refractivity contribution in [3.63, 3.8) is 0 Å². The second kappa shape index (κ2) is 7.19. The van der Waals surface area contributed by atoms with Gasteiger partial charge in [0, 0.05) is 23.6 Å². The maximum Gasteiger partial charge on any atom is 0.279 e. The van der Waals surface area contributed by atoms with Gasteiger partial charge >= 0.3 is 0 Å².